The number of rotatable bonds is 4. The fourth-order valence-corrected chi connectivity index (χ4v) is 2.38. The molecule has 1 saturated carbocycles. The summed E-state index contributed by atoms with van der Waals surface area (Å²) < 4.78 is 39.4. The van der Waals surface area contributed by atoms with Crippen molar-refractivity contribution in [3.8, 4) is 0 Å². The molecule has 1 aromatic carbocycles. The highest BCUT2D eigenvalue weighted by molar-refractivity contribution is 9.10. The zero-order valence-electron chi connectivity index (χ0n) is 10.6. The van der Waals surface area contributed by atoms with Gasteiger partial charge in [-0.15, -0.1) is 6.58 Å². The van der Waals surface area contributed by atoms with Crippen LogP contribution in [0.2, 0.25) is 0 Å². The fourth-order valence-electron chi connectivity index (χ4n) is 2.02. The van der Waals surface area contributed by atoms with Crippen LogP contribution in [0.4, 0.5) is 13.2 Å². The third-order valence-electron chi connectivity index (χ3n) is 3.09. The lowest BCUT2D eigenvalue weighted by molar-refractivity contribution is -0.138. The van der Waals surface area contributed by atoms with Crippen LogP contribution in [0.25, 0.3) is 0 Å². The van der Waals surface area contributed by atoms with Gasteiger partial charge in [0, 0.05) is 17.1 Å². The van der Waals surface area contributed by atoms with E-state index in [1.54, 1.807) is 0 Å². The standard InChI is InChI=1S/C14H13BrF3NO/c1-2-7-19(10-4-5-10)13(20)11-6-3-9(15)8-12(11)14(16,17)18/h2-3,6,8,10H,1,4-5,7H2. The molecule has 1 aliphatic rings. The summed E-state index contributed by atoms with van der Waals surface area (Å²) in [7, 11) is 0. The van der Waals surface area contributed by atoms with Gasteiger partial charge in [0.25, 0.3) is 5.91 Å². The zero-order chi connectivity index (χ0) is 14.9. The monoisotopic (exact) mass is 347 g/mol. The molecular weight excluding hydrogens is 335 g/mol. The quantitative estimate of drug-likeness (QED) is 0.745. The summed E-state index contributed by atoms with van der Waals surface area (Å²) in [6.07, 6.45) is -1.37. The topological polar surface area (TPSA) is 20.3 Å². The summed E-state index contributed by atoms with van der Waals surface area (Å²) in [5.74, 6) is -0.591. The van der Waals surface area contributed by atoms with Crippen LogP contribution in [0.3, 0.4) is 0 Å². The normalized spacial score (nSPS) is 15.0. The van der Waals surface area contributed by atoms with Gasteiger partial charge in [0.2, 0.25) is 0 Å². The van der Waals surface area contributed by atoms with Crippen molar-refractivity contribution in [1.29, 1.82) is 0 Å². The van der Waals surface area contributed by atoms with E-state index in [9.17, 15) is 18.0 Å². The van der Waals surface area contributed by atoms with Crippen molar-refractivity contribution in [2.45, 2.75) is 25.1 Å². The highest BCUT2D eigenvalue weighted by Gasteiger charge is 2.39. The molecule has 0 radical (unpaired) electrons. The first-order valence-electron chi connectivity index (χ1n) is 6.13. The van der Waals surface area contributed by atoms with Crippen LogP contribution in [0.1, 0.15) is 28.8 Å². The molecule has 0 aliphatic heterocycles. The molecule has 2 rings (SSSR count). The smallest absolute Gasteiger partial charge is 0.332 e. The molecule has 1 fully saturated rings. The van der Waals surface area contributed by atoms with Crippen LogP contribution < -0.4 is 0 Å². The summed E-state index contributed by atoms with van der Waals surface area (Å²) >= 11 is 3.01. The Labute approximate surface area is 123 Å². The van der Waals surface area contributed by atoms with Gasteiger partial charge >= 0.3 is 6.18 Å². The number of carbonyl (C=O) groups is 1. The minimum absolute atomic E-state index is 0.0326. The van der Waals surface area contributed by atoms with E-state index in [1.807, 2.05) is 0 Å². The number of carbonyl (C=O) groups excluding carboxylic acids is 1. The number of benzene rings is 1. The Kier molecular flexibility index (Phi) is 4.22. The summed E-state index contributed by atoms with van der Waals surface area (Å²) in [6, 6.07) is 3.63. The van der Waals surface area contributed by atoms with E-state index in [2.05, 4.69) is 22.5 Å². The van der Waals surface area contributed by atoms with Crippen LogP contribution in [0.5, 0.6) is 0 Å². The molecule has 0 N–H and O–H groups in total. The predicted molar refractivity (Wildman–Crippen MR) is 73.4 cm³/mol. The highest BCUT2D eigenvalue weighted by Crippen LogP contribution is 2.36. The Balaban J connectivity index is 2.40. The SMILES string of the molecule is C=CCN(C(=O)c1ccc(Br)cc1C(F)(F)F)C1CC1. The van der Waals surface area contributed by atoms with Gasteiger partial charge < -0.3 is 4.90 Å². The Bertz CT molecular complexity index is 538. The maximum absolute atomic E-state index is 13.0. The van der Waals surface area contributed by atoms with Crippen LogP contribution in [-0.2, 0) is 6.18 Å². The highest BCUT2D eigenvalue weighted by atomic mass is 79.9. The van der Waals surface area contributed by atoms with Gasteiger partial charge in [-0.3, -0.25) is 4.79 Å². The number of amides is 1. The lowest BCUT2D eigenvalue weighted by Crippen LogP contribution is -2.34. The average Bonchev–Trinajstić information content (AvgIpc) is 3.18. The largest absolute Gasteiger partial charge is 0.417 e. The number of nitrogens with zero attached hydrogens (tertiary/aromatic N) is 1. The van der Waals surface area contributed by atoms with Gasteiger partial charge in [0.1, 0.15) is 0 Å². The zero-order valence-corrected chi connectivity index (χ0v) is 12.2. The summed E-state index contributed by atoms with van der Waals surface area (Å²) in [6.45, 7) is 3.81. The van der Waals surface area contributed by atoms with Gasteiger partial charge in [-0.05, 0) is 31.0 Å². The van der Waals surface area contributed by atoms with E-state index < -0.39 is 17.6 Å². The van der Waals surface area contributed by atoms with Gasteiger partial charge in [-0.1, -0.05) is 22.0 Å². The predicted octanol–water partition coefficient (Wildman–Crippen LogP) is 4.26. The van der Waals surface area contributed by atoms with Gasteiger partial charge in [-0.2, -0.15) is 13.2 Å². The van der Waals surface area contributed by atoms with Crippen molar-refractivity contribution in [3.63, 3.8) is 0 Å². The molecule has 0 atom stereocenters. The lowest BCUT2D eigenvalue weighted by atomic mass is 10.1. The molecule has 0 unspecified atom stereocenters. The van der Waals surface area contributed by atoms with Crippen LogP contribution >= 0.6 is 15.9 Å². The van der Waals surface area contributed by atoms with Crippen molar-refractivity contribution in [1.82, 2.24) is 4.90 Å². The third-order valence-corrected chi connectivity index (χ3v) is 3.58. The molecule has 108 valence electrons. The van der Waals surface area contributed by atoms with E-state index in [0.29, 0.717) is 4.47 Å². The number of hydrogen-bond acceptors (Lipinski definition) is 1. The van der Waals surface area contributed by atoms with E-state index in [4.69, 9.17) is 0 Å². The number of hydrogen-bond donors (Lipinski definition) is 0. The molecule has 1 amide bonds. The second kappa shape index (κ2) is 5.60. The third kappa shape index (κ3) is 3.23. The maximum atomic E-state index is 13.0. The summed E-state index contributed by atoms with van der Waals surface area (Å²) in [4.78, 5) is 13.8. The Morgan fingerprint density at radius 1 is 1.45 bits per heavy atom. The fraction of sp³-hybridized carbons (Fsp3) is 0.357. The second-order valence-electron chi connectivity index (χ2n) is 4.67. The van der Waals surface area contributed by atoms with Gasteiger partial charge in [0.15, 0.2) is 0 Å². The van der Waals surface area contributed by atoms with E-state index in [-0.39, 0.29) is 18.2 Å². The first kappa shape index (κ1) is 15.1. The van der Waals surface area contributed by atoms with E-state index in [1.165, 1.54) is 23.1 Å². The molecule has 1 aliphatic carbocycles. The lowest BCUT2D eigenvalue weighted by Gasteiger charge is -2.23. The molecule has 20 heavy (non-hydrogen) atoms. The minimum Gasteiger partial charge on any atom is -0.332 e. The molecule has 0 spiro atoms. The Morgan fingerprint density at radius 2 is 2.10 bits per heavy atom. The van der Waals surface area contributed by atoms with E-state index in [0.717, 1.165) is 18.9 Å². The van der Waals surface area contributed by atoms with Crippen LogP contribution in [-0.4, -0.2) is 23.4 Å². The molecular formula is C14H13BrF3NO. The van der Waals surface area contributed by atoms with Gasteiger partial charge in [0.05, 0.1) is 11.1 Å². The number of alkyl halides is 3. The Hall–Kier alpha value is -1.30. The van der Waals surface area contributed by atoms with Crippen molar-refractivity contribution in [2.24, 2.45) is 0 Å². The minimum atomic E-state index is -4.56. The molecule has 0 saturated heterocycles. The van der Waals surface area contributed by atoms with Gasteiger partial charge in [-0.25, -0.2) is 0 Å². The average molecular weight is 348 g/mol. The second-order valence-corrected chi connectivity index (χ2v) is 5.58. The van der Waals surface area contributed by atoms with Crippen LogP contribution in [0, 0.1) is 0 Å². The maximum Gasteiger partial charge on any atom is 0.417 e. The van der Waals surface area contributed by atoms with Crippen LogP contribution in [0.15, 0.2) is 35.3 Å². The first-order valence-corrected chi connectivity index (χ1v) is 6.92. The van der Waals surface area contributed by atoms with Crippen molar-refractivity contribution in [3.05, 3.63) is 46.5 Å². The van der Waals surface area contributed by atoms with Crippen molar-refractivity contribution >= 4 is 21.8 Å². The first-order chi connectivity index (χ1) is 9.34. The summed E-state index contributed by atoms with van der Waals surface area (Å²) in [5.41, 5.74) is -1.22. The molecule has 0 aromatic heterocycles. The molecule has 0 bridgehead atoms. The Morgan fingerprint density at radius 3 is 2.60 bits per heavy atom. The molecule has 2 nitrogen and oxygen atoms in total. The van der Waals surface area contributed by atoms with E-state index >= 15 is 0 Å². The molecule has 6 heteroatoms. The molecule has 1 aromatic rings. The molecule has 0 heterocycles. The van der Waals surface area contributed by atoms with Crippen molar-refractivity contribution in [2.75, 3.05) is 6.54 Å². The van der Waals surface area contributed by atoms with Crippen molar-refractivity contribution < 1.29 is 18.0 Å². The summed E-state index contributed by atoms with van der Waals surface area (Å²) in [5, 5.41) is 0. The number of halogens is 4.